The fourth-order valence-corrected chi connectivity index (χ4v) is 3.31. The Morgan fingerprint density at radius 3 is 2.74 bits per heavy atom. The molecule has 6 nitrogen and oxygen atoms in total. The van der Waals surface area contributed by atoms with Crippen LogP contribution >= 0.6 is 23.2 Å². The summed E-state index contributed by atoms with van der Waals surface area (Å²) in [6, 6.07) is 7.69. The van der Waals surface area contributed by atoms with Crippen molar-refractivity contribution in [2.24, 2.45) is 5.41 Å². The Bertz CT molecular complexity index is 881. The quantitative estimate of drug-likeness (QED) is 0.674. The summed E-state index contributed by atoms with van der Waals surface area (Å²) in [5, 5.41) is 26.7. The lowest BCUT2D eigenvalue weighted by molar-refractivity contribution is -0.0511. The van der Waals surface area contributed by atoms with Crippen LogP contribution in [0.2, 0.25) is 10.0 Å². The van der Waals surface area contributed by atoms with Crippen LogP contribution in [-0.2, 0) is 6.42 Å². The van der Waals surface area contributed by atoms with Crippen LogP contribution in [0.25, 0.3) is 0 Å². The molecule has 142 valence electrons. The minimum Gasteiger partial charge on any atom is -0.392 e. The highest BCUT2D eigenvalue weighted by molar-refractivity contribution is 6.42. The number of hydrogen-bond donors (Lipinski definition) is 3. The highest BCUT2D eigenvalue weighted by Gasteiger charge is 2.47. The van der Waals surface area contributed by atoms with Gasteiger partial charge in [0.2, 0.25) is 5.95 Å². The third-order valence-electron chi connectivity index (χ3n) is 5.12. The van der Waals surface area contributed by atoms with Gasteiger partial charge in [-0.3, -0.25) is 0 Å². The third kappa shape index (κ3) is 4.27. The van der Waals surface area contributed by atoms with Gasteiger partial charge in [-0.25, -0.2) is 4.98 Å². The van der Waals surface area contributed by atoms with Gasteiger partial charge in [-0.1, -0.05) is 43.1 Å². The fraction of sp³-hybridized carbons (Fsp3) is 0.421. The van der Waals surface area contributed by atoms with E-state index in [1.54, 1.807) is 6.07 Å². The normalized spacial score (nSPS) is 20.4. The second-order valence-corrected chi connectivity index (χ2v) is 8.08. The molecular formula is C19H21Cl2N5O. The van der Waals surface area contributed by atoms with Crippen molar-refractivity contribution < 1.29 is 5.11 Å². The minimum absolute atomic E-state index is 0.0542. The van der Waals surface area contributed by atoms with E-state index in [1.165, 1.54) is 6.20 Å². The van der Waals surface area contributed by atoms with E-state index >= 15 is 0 Å². The molecule has 1 fully saturated rings. The van der Waals surface area contributed by atoms with Crippen molar-refractivity contribution in [2.45, 2.75) is 38.8 Å². The monoisotopic (exact) mass is 405 g/mol. The second kappa shape index (κ2) is 7.89. The molecule has 2 aromatic rings. The number of benzene rings is 1. The summed E-state index contributed by atoms with van der Waals surface area (Å²) in [7, 11) is 0. The highest BCUT2D eigenvalue weighted by Crippen LogP contribution is 2.42. The van der Waals surface area contributed by atoms with E-state index in [9.17, 15) is 10.4 Å². The predicted molar refractivity (Wildman–Crippen MR) is 107 cm³/mol. The van der Waals surface area contributed by atoms with Crippen LogP contribution in [-0.4, -0.2) is 33.8 Å². The Balaban J connectivity index is 1.64. The molecular weight excluding hydrogens is 385 g/mol. The maximum absolute atomic E-state index is 9.90. The number of aliphatic hydroxyl groups is 1. The first-order valence-corrected chi connectivity index (χ1v) is 9.46. The van der Waals surface area contributed by atoms with Crippen molar-refractivity contribution in [2.75, 3.05) is 17.2 Å². The molecule has 0 bridgehead atoms. The molecule has 27 heavy (non-hydrogen) atoms. The molecule has 0 aliphatic heterocycles. The zero-order chi connectivity index (χ0) is 19.6. The number of nitrogens with one attached hydrogen (secondary N) is 2. The molecule has 0 saturated heterocycles. The third-order valence-corrected chi connectivity index (χ3v) is 5.86. The number of rotatable bonds is 6. The lowest BCUT2D eigenvalue weighted by Crippen LogP contribution is -2.57. The Kier molecular flexibility index (Phi) is 5.75. The lowest BCUT2D eigenvalue weighted by Gasteiger charge is -2.49. The van der Waals surface area contributed by atoms with Crippen LogP contribution in [0.4, 0.5) is 11.8 Å². The first kappa shape index (κ1) is 19.7. The molecule has 1 aliphatic carbocycles. The maximum atomic E-state index is 9.90. The fourth-order valence-electron chi connectivity index (χ4n) is 2.99. The molecule has 1 saturated carbocycles. The number of halogens is 2. The average molecular weight is 406 g/mol. The molecule has 2 atom stereocenters. The van der Waals surface area contributed by atoms with Gasteiger partial charge in [0.15, 0.2) is 0 Å². The number of aromatic nitrogens is 2. The second-order valence-electron chi connectivity index (χ2n) is 7.26. The summed E-state index contributed by atoms with van der Waals surface area (Å²) in [5.41, 5.74) is 1.16. The van der Waals surface area contributed by atoms with Crippen molar-refractivity contribution in [1.29, 1.82) is 5.26 Å². The average Bonchev–Trinajstić information content (AvgIpc) is 2.64. The molecule has 0 radical (unpaired) electrons. The van der Waals surface area contributed by atoms with E-state index in [4.69, 9.17) is 23.2 Å². The summed E-state index contributed by atoms with van der Waals surface area (Å²) in [6.45, 7) is 4.59. The molecule has 0 unspecified atom stereocenters. The minimum atomic E-state index is -0.355. The first-order chi connectivity index (χ1) is 12.8. The van der Waals surface area contributed by atoms with Crippen LogP contribution in [0.15, 0.2) is 24.4 Å². The Morgan fingerprint density at radius 1 is 1.33 bits per heavy atom. The van der Waals surface area contributed by atoms with E-state index in [0.29, 0.717) is 40.3 Å². The molecule has 1 heterocycles. The van der Waals surface area contributed by atoms with Crippen molar-refractivity contribution in [3.8, 4) is 6.07 Å². The molecule has 1 aromatic carbocycles. The first-order valence-electron chi connectivity index (χ1n) is 8.71. The van der Waals surface area contributed by atoms with Crippen LogP contribution in [0.5, 0.6) is 0 Å². The Morgan fingerprint density at radius 2 is 2.11 bits per heavy atom. The maximum Gasteiger partial charge on any atom is 0.224 e. The van der Waals surface area contributed by atoms with E-state index in [0.717, 1.165) is 12.0 Å². The van der Waals surface area contributed by atoms with Crippen molar-refractivity contribution in [1.82, 2.24) is 9.97 Å². The molecule has 1 aliphatic rings. The van der Waals surface area contributed by atoms with Gasteiger partial charge in [-0.05, 0) is 30.5 Å². The molecule has 0 spiro atoms. The van der Waals surface area contributed by atoms with Crippen LogP contribution in [0, 0.1) is 16.7 Å². The summed E-state index contributed by atoms with van der Waals surface area (Å²) in [5.74, 6) is 0.920. The zero-order valence-electron chi connectivity index (χ0n) is 15.1. The number of anilines is 2. The van der Waals surface area contributed by atoms with Gasteiger partial charge in [0, 0.05) is 18.0 Å². The lowest BCUT2D eigenvalue weighted by atomic mass is 9.64. The number of nitriles is 1. The van der Waals surface area contributed by atoms with E-state index in [2.05, 4.69) is 26.7 Å². The Labute approximate surface area is 168 Å². The van der Waals surface area contributed by atoms with Gasteiger partial charge in [-0.15, -0.1) is 0 Å². The summed E-state index contributed by atoms with van der Waals surface area (Å²) in [6.07, 6.45) is 2.50. The van der Waals surface area contributed by atoms with Gasteiger partial charge in [-0.2, -0.15) is 10.2 Å². The molecule has 0 amide bonds. The SMILES string of the molecule is CC1(C)[C@@H](O)C[C@H]1Nc1nc(NCCc2ccc(Cl)c(Cl)c2)ncc1C#N. The zero-order valence-corrected chi connectivity index (χ0v) is 16.6. The van der Waals surface area contributed by atoms with Crippen molar-refractivity contribution >= 4 is 35.0 Å². The van der Waals surface area contributed by atoms with E-state index < -0.39 is 0 Å². The van der Waals surface area contributed by atoms with Gasteiger partial charge in [0.05, 0.1) is 22.3 Å². The standard InChI is InChI=1S/C19H21Cl2N5O/c1-19(2)15(8-16(19)27)25-17-12(9-22)10-24-18(26-17)23-6-5-11-3-4-13(20)14(21)7-11/h3-4,7,10,15-16,27H,5-6,8H2,1-2H3,(H2,23,24,25,26)/t15-,16+/m1/s1. The summed E-state index contributed by atoms with van der Waals surface area (Å²) < 4.78 is 0. The van der Waals surface area contributed by atoms with Gasteiger partial charge in [0.25, 0.3) is 0 Å². The van der Waals surface area contributed by atoms with Gasteiger partial charge in [0.1, 0.15) is 17.5 Å². The molecule has 1 aromatic heterocycles. The smallest absolute Gasteiger partial charge is 0.224 e. The van der Waals surface area contributed by atoms with Gasteiger partial charge < -0.3 is 15.7 Å². The van der Waals surface area contributed by atoms with Crippen molar-refractivity contribution in [3.63, 3.8) is 0 Å². The predicted octanol–water partition coefficient (Wildman–Crippen LogP) is 3.88. The van der Waals surface area contributed by atoms with Gasteiger partial charge >= 0.3 is 0 Å². The molecule has 8 heteroatoms. The summed E-state index contributed by atoms with van der Waals surface area (Å²) >= 11 is 12.0. The van der Waals surface area contributed by atoms with Crippen LogP contribution in [0.1, 0.15) is 31.4 Å². The number of aliphatic hydroxyl groups excluding tert-OH is 1. The number of hydrogen-bond acceptors (Lipinski definition) is 6. The molecule has 3 rings (SSSR count). The summed E-state index contributed by atoms with van der Waals surface area (Å²) in [4.78, 5) is 8.63. The topological polar surface area (TPSA) is 93.9 Å². The highest BCUT2D eigenvalue weighted by atomic mass is 35.5. The number of nitrogens with zero attached hydrogens (tertiary/aromatic N) is 3. The largest absolute Gasteiger partial charge is 0.392 e. The van der Waals surface area contributed by atoms with Crippen LogP contribution in [0.3, 0.4) is 0 Å². The van der Waals surface area contributed by atoms with Crippen LogP contribution < -0.4 is 10.6 Å². The molecule has 3 N–H and O–H groups in total. The van der Waals surface area contributed by atoms with E-state index in [1.807, 2.05) is 26.0 Å². The van der Waals surface area contributed by atoms with Crippen molar-refractivity contribution in [3.05, 3.63) is 45.6 Å². The Hall–Kier alpha value is -2.07. The van der Waals surface area contributed by atoms with E-state index in [-0.39, 0.29) is 17.6 Å².